The molecule has 2 aliphatic heterocycles. The van der Waals surface area contributed by atoms with E-state index in [1.54, 1.807) is 0 Å². The summed E-state index contributed by atoms with van der Waals surface area (Å²) in [5, 5.41) is 3.30. The molecule has 2 saturated heterocycles. The Hall–Kier alpha value is -1.69. The van der Waals surface area contributed by atoms with Crippen LogP contribution in [0.5, 0.6) is 0 Å². The predicted octanol–water partition coefficient (Wildman–Crippen LogP) is 2.63. The number of rotatable bonds is 3. The van der Waals surface area contributed by atoms with Gasteiger partial charge < -0.3 is 15.0 Å². The lowest BCUT2D eigenvalue weighted by Crippen LogP contribution is -2.41. The zero-order chi connectivity index (χ0) is 18.1. The normalized spacial score (nSPS) is 25.8. The molecule has 26 heavy (non-hydrogen) atoms. The van der Waals surface area contributed by atoms with Crippen molar-refractivity contribution in [3.8, 4) is 0 Å². The van der Waals surface area contributed by atoms with Gasteiger partial charge in [-0.2, -0.15) is 0 Å². The van der Waals surface area contributed by atoms with Crippen molar-refractivity contribution in [2.24, 2.45) is 11.3 Å². The van der Waals surface area contributed by atoms with Crippen molar-refractivity contribution in [3.05, 3.63) is 17.5 Å². The van der Waals surface area contributed by atoms with Crippen molar-refractivity contribution in [2.45, 2.75) is 58.4 Å². The quantitative estimate of drug-likeness (QED) is 0.900. The Kier molecular flexibility index (Phi) is 4.86. The van der Waals surface area contributed by atoms with Gasteiger partial charge in [0.15, 0.2) is 0 Å². The van der Waals surface area contributed by atoms with Gasteiger partial charge in [-0.15, -0.1) is 0 Å². The Morgan fingerprint density at radius 3 is 2.73 bits per heavy atom. The average Bonchev–Trinajstić information content (AvgIpc) is 3.15. The lowest BCUT2D eigenvalue weighted by molar-refractivity contribution is -0.128. The van der Waals surface area contributed by atoms with E-state index in [4.69, 9.17) is 9.72 Å². The third-order valence-corrected chi connectivity index (χ3v) is 5.96. The topological polar surface area (TPSA) is 67.4 Å². The van der Waals surface area contributed by atoms with Crippen molar-refractivity contribution in [2.75, 3.05) is 31.2 Å². The fourth-order valence-corrected chi connectivity index (χ4v) is 4.48. The first-order valence-electron chi connectivity index (χ1n) is 10.0. The van der Waals surface area contributed by atoms with Crippen LogP contribution in [-0.2, 0) is 16.0 Å². The van der Waals surface area contributed by atoms with Crippen molar-refractivity contribution < 1.29 is 9.53 Å². The Labute approximate surface area is 155 Å². The van der Waals surface area contributed by atoms with Gasteiger partial charge in [-0.25, -0.2) is 9.97 Å². The number of amides is 1. The lowest BCUT2D eigenvalue weighted by Gasteiger charge is -2.37. The molecule has 1 amide bonds. The number of carbonyl (C=O) groups is 1. The molecule has 1 aromatic rings. The summed E-state index contributed by atoms with van der Waals surface area (Å²) in [7, 11) is 0. The van der Waals surface area contributed by atoms with Crippen molar-refractivity contribution in [3.63, 3.8) is 0 Å². The maximum atomic E-state index is 12.7. The van der Waals surface area contributed by atoms with Crippen LogP contribution >= 0.6 is 0 Å². The molecule has 3 aliphatic rings. The summed E-state index contributed by atoms with van der Waals surface area (Å²) in [5.74, 6) is 1.08. The van der Waals surface area contributed by atoms with Crippen LogP contribution in [0, 0.1) is 11.3 Å². The second-order valence-electron chi connectivity index (χ2n) is 8.76. The van der Waals surface area contributed by atoms with Crippen molar-refractivity contribution in [1.82, 2.24) is 15.3 Å². The number of nitrogens with zero attached hydrogens (tertiary/aromatic N) is 3. The summed E-state index contributed by atoms with van der Waals surface area (Å²) < 4.78 is 5.39. The van der Waals surface area contributed by atoms with Gasteiger partial charge in [0.05, 0.1) is 11.7 Å². The van der Waals surface area contributed by atoms with Gasteiger partial charge in [-0.3, -0.25) is 4.79 Å². The molecule has 3 heterocycles. The highest BCUT2D eigenvalue weighted by Gasteiger charge is 2.36. The summed E-state index contributed by atoms with van der Waals surface area (Å²) in [6, 6.07) is 0.0109. The first kappa shape index (κ1) is 17.7. The van der Waals surface area contributed by atoms with Gasteiger partial charge in [-0.05, 0) is 43.9 Å². The number of anilines is 1. The predicted molar refractivity (Wildman–Crippen MR) is 100 cm³/mol. The summed E-state index contributed by atoms with van der Waals surface area (Å²) >= 11 is 0. The fraction of sp³-hybridized carbons (Fsp3) is 0.750. The minimum Gasteiger partial charge on any atom is -0.381 e. The SMILES string of the molecule is CC1(C)Cc2nc(N3CCCC3)ncc2C(NC(=O)C2CCOCC2)C1. The molecule has 1 aromatic heterocycles. The Balaban J connectivity index is 1.55. The average molecular weight is 358 g/mol. The molecule has 4 rings (SSSR count). The number of ether oxygens (including phenoxy) is 1. The molecule has 0 saturated carbocycles. The molecule has 0 spiro atoms. The number of nitrogens with one attached hydrogen (secondary N) is 1. The maximum absolute atomic E-state index is 12.7. The van der Waals surface area contributed by atoms with E-state index in [9.17, 15) is 4.79 Å². The third kappa shape index (κ3) is 3.70. The lowest BCUT2D eigenvalue weighted by atomic mass is 9.74. The van der Waals surface area contributed by atoms with Crippen molar-refractivity contribution >= 4 is 11.9 Å². The molecular weight excluding hydrogens is 328 g/mol. The highest BCUT2D eigenvalue weighted by Crippen LogP contribution is 2.40. The number of carbonyl (C=O) groups excluding carboxylic acids is 1. The van der Waals surface area contributed by atoms with E-state index in [0.717, 1.165) is 56.0 Å². The van der Waals surface area contributed by atoms with Crippen LogP contribution in [-0.4, -0.2) is 42.2 Å². The second-order valence-corrected chi connectivity index (χ2v) is 8.76. The molecule has 0 aromatic carbocycles. The molecule has 142 valence electrons. The largest absolute Gasteiger partial charge is 0.381 e. The van der Waals surface area contributed by atoms with Gasteiger partial charge in [0.1, 0.15) is 0 Å². The van der Waals surface area contributed by atoms with E-state index in [1.807, 2.05) is 6.20 Å². The van der Waals surface area contributed by atoms with Crippen LogP contribution in [0.3, 0.4) is 0 Å². The van der Waals surface area contributed by atoms with E-state index >= 15 is 0 Å². The first-order valence-corrected chi connectivity index (χ1v) is 10.0. The Morgan fingerprint density at radius 2 is 2.00 bits per heavy atom. The number of fused-ring (bicyclic) bond motifs is 1. The van der Waals surface area contributed by atoms with Gasteiger partial charge >= 0.3 is 0 Å². The molecule has 0 radical (unpaired) electrons. The fourth-order valence-electron chi connectivity index (χ4n) is 4.48. The van der Waals surface area contributed by atoms with Crippen LogP contribution in [0.15, 0.2) is 6.20 Å². The van der Waals surface area contributed by atoms with Crippen LogP contribution in [0.1, 0.15) is 63.3 Å². The molecule has 0 bridgehead atoms. The van der Waals surface area contributed by atoms with Gasteiger partial charge in [0.25, 0.3) is 0 Å². The smallest absolute Gasteiger partial charge is 0.225 e. The van der Waals surface area contributed by atoms with Gasteiger partial charge in [0, 0.05) is 44.0 Å². The summed E-state index contributed by atoms with van der Waals surface area (Å²) in [6.07, 6.45) is 7.90. The minimum absolute atomic E-state index is 0.0109. The third-order valence-electron chi connectivity index (χ3n) is 5.96. The highest BCUT2D eigenvalue weighted by molar-refractivity contribution is 5.79. The van der Waals surface area contributed by atoms with E-state index < -0.39 is 0 Å². The van der Waals surface area contributed by atoms with E-state index in [1.165, 1.54) is 12.8 Å². The Bertz CT molecular complexity index is 664. The molecular formula is C20H30N4O2. The molecule has 1 N–H and O–H groups in total. The zero-order valence-electron chi connectivity index (χ0n) is 16.0. The van der Waals surface area contributed by atoms with Crippen LogP contribution < -0.4 is 10.2 Å². The summed E-state index contributed by atoms with van der Waals surface area (Å²) in [6.45, 7) is 8.00. The Morgan fingerprint density at radius 1 is 1.27 bits per heavy atom. The molecule has 1 unspecified atom stereocenters. The van der Waals surface area contributed by atoms with E-state index in [-0.39, 0.29) is 23.3 Å². The molecule has 1 atom stereocenters. The van der Waals surface area contributed by atoms with E-state index in [2.05, 4.69) is 29.0 Å². The first-order chi connectivity index (χ1) is 12.5. The molecule has 6 heteroatoms. The van der Waals surface area contributed by atoms with Gasteiger partial charge in [0.2, 0.25) is 11.9 Å². The molecule has 1 aliphatic carbocycles. The van der Waals surface area contributed by atoms with Crippen molar-refractivity contribution in [1.29, 1.82) is 0 Å². The molecule has 2 fully saturated rings. The van der Waals surface area contributed by atoms with E-state index in [0.29, 0.717) is 13.2 Å². The summed E-state index contributed by atoms with van der Waals surface area (Å²) in [5.41, 5.74) is 2.33. The van der Waals surface area contributed by atoms with Gasteiger partial charge in [-0.1, -0.05) is 13.8 Å². The minimum atomic E-state index is 0.0109. The number of aromatic nitrogens is 2. The van der Waals surface area contributed by atoms with Crippen LogP contribution in [0.25, 0.3) is 0 Å². The van der Waals surface area contributed by atoms with Crippen LogP contribution in [0.2, 0.25) is 0 Å². The van der Waals surface area contributed by atoms with Crippen LogP contribution in [0.4, 0.5) is 5.95 Å². The standard InChI is InChI=1S/C20H30N4O2/c1-20(2)11-16(22-18(25)14-5-9-26-10-6-14)15-13-21-19(23-17(15)12-20)24-7-3-4-8-24/h13-14,16H,3-12H2,1-2H3,(H,22,25). The maximum Gasteiger partial charge on any atom is 0.225 e. The summed E-state index contributed by atoms with van der Waals surface area (Å²) in [4.78, 5) is 24.6. The number of hydrogen-bond donors (Lipinski definition) is 1. The molecule has 6 nitrogen and oxygen atoms in total. The monoisotopic (exact) mass is 358 g/mol. The number of hydrogen-bond acceptors (Lipinski definition) is 5. The highest BCUT2D eigenvalue weighted by atomic mass is 16.5. The zero-order valence-corrected chi connectivity index (χ0v) is 16.0. The second kappa shape index (κ2) is 7.14.